The Balaban J connectivity index is 2.32. The maximum Gasteiger partial charge on any atom is 0.253 e. The van der Waals surface area contributed by atoms with Crippen molar-refractivity contribution in [1.29, 1.82) is 0 Å². The van der Waals surface area contributed by atoms with Crippen LogP contribution in [0, 0.1) is 24.5 Å². The molecule has 0 aliphatic carbocycles. The number of amides is 3. The van der Waals surface area contributed by atoms with Crippen LogP contribution in [0.3, 0.4) is 0 Å². The molecule has 2 aromatic rings. The van der Waals surface area contributed by atoms with Crippen molar-refractivity contribution in [3.8, 4) is 0 Å². The molecule has 11 heteroatoms. The average Bonchev–Trinajstić information content (AvgIpc) is 2.98. The lowest BCUT2D eigenvalue weighted by Crippen LogP contribution is -2.53. The van der Waals surface area contributed by atoms with Crippen LogP contribution in [0.2, 0.25) is 0 Å². The first-order valence-electron chi connectivity index (χ1n) is 15.7. The number of aliphatic hydroxyl groups excluding tert-OH is 1. The van der Waals surface area contributed by atoms with Gasteiger partial charge in [0.25, 0.3) is 11.8 Å². The monoisotopic (exact) mass is 648 g/mol. The highest BCUT2D eigenvalue weighted by Gasteiger charge is 2.26. The lowest BCUT2D eigenvalue weighted by Gasteiger charge is -2.27. The molecule has 45 heavy (non-hydrogen) atoms. The van der Waals surface area contributed by atoms with Gasteiger partial charge in [0, 0.05) is 43.4 Å². The highest BCUT2D eigenvalue weighted by molar-refractivity contribution is 7.98. The predicted molar refractivity (Wildman–Crippen MR) is 178 cm³/mol. The van der Waals surface area contributed by atoms with Gasteiger partial charge in [-0.05, 0) is 92.0 Å². The number of carbonyl (C=O) groups is 3. The molecule has 3 amide bonds. The van der Waals surface area contributed by atoms with E-state index in [1.54, 1.807) is 35.7 Å². The number of benzene rings is 2. The van der Waals surface area contributed by atoms with Crippen LogP contribution in [0.15, 0.2) is 36.4 Å². The average molecular weight is 649 g/mol. The van der Waals surface area contributed by atoms with Crippen LogP contribution in [0.25, 0.3) is 0 Å². The summed E-state index contributed by atoms with van der Waals surface area (Å²) in [4.78, 5) is 41.5. The van der Waals surface area contributed by atoms with E-state index in [2.05, 4.69) is 16.0 Å². The van der Waals surface area contributed by atoms with Crippen molar-refractivity contribution in [2.24, 2.45) is 5.92 Å². The molecule has 2 rings (SSSR count). The minimum absolute atomic E-state index is 0.0581. The summed E-state index contributed by atoms with van der Waals surface area (Å²) in [5.41, 5.74) is 1.58. The van der Waals surface area contributed by atoms with E-state index < -0.39 is 35.7 Å². The number of aliphatic hydroxyl groups is 1. The van der Waals surface area contributed by atoms with Gasteiger partial charge in [-0.1, -0.05) is 27.7 Å². The largest absolute Gasteiger partial charge is 0.390 e. The quantitative estimate of drug-likeness (QED) is 0.176. The SMILES string of the molecule is CCCN(CCC)C(=O)c1cc(C)cc(C(=O)NC(Cc2cc(F)cc(F)c2)C(O)CNC(CCSC)C(=O)NCC(C)C)c1. The zero-order valence-corrected chi connectivity index (χ0v) is 28.2. The van der Waals surface area contributed by atoms with Gasteiger partial charge in [-0.3, -0.25) is 14.4 Å². The number of carbonyl (C=O) groups excluding carboxylic acids is 3. The molecule has 3 atom stereocenters. The second kappa shape index (κ2) is 19.5. The van der Waals surface area contributed by atoms with Crippen LogP contribution < -0.4 is 16.0 Å². The van der Waals surface area contributed by atoms with Crippen LogP contribution in [0.1, 0.15) is 78.8 Å². The number of hydrogen-bond acceptors (Lipinski definition) is 6. The molecule has 0 heterocycles. The Morgan fingerprint density at radius 1 is 0.933 bits per heavy atom. The predicted octanol–water partition coefficient (Wildman–Crippen LogP) is 4.72. The van der Waals surface area contributed by atoms with Crippen molar-refractivity contribution in [3.63, 3.8) is 0 Å². The minimum Gasteiger partial charge on any atom is -0.390 e. The van der Waals surface area contributed by atoms with Crippen molar-refractivity contribution in [2.45, 2.75) is 78.5 Å². The first kappa shape index (κ1) is 38.2. The molecule has 0 saturated carbocycles. The van der Waals surface area contributed by atoms with Crippen molar-refractivity contribution >= 4 is 29.5 Å². The molecule has 0 aromatic heterocycles. The molecule has 0 radical (unpaired) electrons. The van der Waals surface area contributed by atoms with Gasteiger partial charge in [-0.2, -0.15) is 11.8 Å². The number of thioether (sulfide) groups is 1. The van der Waals surface area contributed by atoms with E-state index in [0.717, 1.165) is 31.0 Å². The third-order valence-corrected chi connectivity index (χ3v) is 7.85. The summed E-state index contributed by atoms with van der Waals surface area (Å²) in [5.74, 6) is -1.45. The van der Waals surface area contributed by atoms with Crippen LogP contribution in [0.5, 0.6) is 0 Å². The summed E-state index contributed by atoms with van der Waals surface area (Å²) in [5, 5.41) is 20.2. The molecular formula is C34H50F2N4O4S. The van der Waals surface area contributed by atoms with Crippen LogP contribution in [-0.4, -0.2) is 84.1 Å². The fraction of sp³-hybridized carbons (Fsp3) is 0.559. The van der Waals surface area contributed by atoms with E-state index in [1.807, 2.05) is 34.0 Å². The van der Waals surface area contributed by atoms with Gasteiger partial charge in [-0.15, -0.1) is 0 Å². The maximum absolute atomic E-state index is 14.1. The van der Waals surface area contributed by atoms with Crippen LogP contribution in [0.4, 0.5) is 8.78 Å². The Morgan fingerprint density at radius 3 is 2.13 bits per heavy atom. The lowest BCUT2D eigenvalue weighted by molar-refractivity contribution is -0.123. The summed E-state index contributed by atoms with van der Waals surface area (Å²) >= 11 is 1.60. The molecule has 0 aliphatic rings. The van der Waals surface area contributed by atoms with Crippen molar-refractivity contribution in [3.05, 3.63) is 70.3 Å². The molecule has 4 N–H and O–H groups in total. The Labute approximate surface area is 271 Å². The number of rotatable bonds is 19. The topological polar surface area (TPSA) is 111 Å². The number of hydrogen-bond donors (Lipinski definition) is 4. The van der Waals surface area contributed by atoms with Gasteiger partial charge >= 0.3 is 0 Å². The van der Waals surface area contributed by atoms with Gasteiger partial charge < -0.3 is 26.0 Å². The fourth-order valence-electron chi connectivity index (χ4n) is 4.99. The molecule has 0 fully saturated rings. The number of halogens is 2. The molecule has 0 saturated heterocycles. The summed E-state index contributed by atoms with van der Waals surface area (Å²) in [7, 11) is 0. The van der Waals surface area contributed by atoms with Gasteiger partial charge in [0.05, 0.1) is 18.2 Å². The maximum atomic E-state index is 14.1. The van der Waals surface area contributed by atoms with Crippen LogP contribution >= 0.6 is 11.8 Å². The minimum atomic E-state index is -1.22. The first-order chi connectivity index (χ1) is 21.4. The van der Waals surface area contributed by atoms with E-state index in [0.29, 0.717) is 42.9 Å². The Hall–Kier alpha value is -3.02. The zero-order valence-electron chi connectivity index (χ0n) is 27.4. The highest BCUT2D eigenvalue weighted by atomic mass is 32.2. The summed E-state index contributed by atoms with van der Waals surface area (Å²) < 4.78 is 28.1. The number of aryl methyl sites for hydroxylation is 1. The molecule has 0 aliphatic heterocycles. The molecule has 2 aromatic carbocycles. The van der Waals surface area contributed by atoms with Gasteiger partial charge in [0.2, 0.25) is 5.91 Å². The van der Waals surface area contributed by atoms with Crippen LogP contribution in [-0.2, 0) is 11.2 Å². The molecule has 250 valence electrons. The summed E-state index contributed by atoms with van der Waals surface area (Å²) in [6.45, 7) is 11.4. The van der Waals surface area contributed by atoms with Gasteiger partial charge in [-0.25, -0.2) is 8.78 Å². The Bertz CT molecular complexity index is 1240. The van der Waals surface area contributed by atoms with E-state index in [9.17, 15) is 28.3 Å². The molecule has 0 spiro atoms. The fourth-order valence-corrected chi connectivity index (χ4v) is 5.46. The van der Waals surface area contributed by atoms with Gasteiger partial charge in [0.1, 0.15) is 11.6 Å². The third-order valence-electron chi connectivity index (χ3n) is 7.20. The van der Waals surface area contributed by atoms with E-state index in [-0.39, 0.29) is 41.8 Å². The zero-order chi connectivity index (χ0) is 33.5. The van der Waals surface area contributed by atoms with Crippen molar-refractivity contribution in [1.82, 2.24) is 20.9 Å². The second-order valence-electron chi connectivity index (χ2n) is 11.9. The summed E-state index contributed by atoms with van der Waals surface area (Å²) in [6, 6.07) is 6.44. The first-order valence-corrected chi connectivity index (χ1v) is 17.1. The Morgan fingerprint density at radius 2 is 1.56 bits per heavy atom. The second-order valence-corrected chi connectivity index (χ2v) is 12.9. The number of nitrogens with zero attached hydrogens (tertiary/aromatic N) is 1. The number of nitrogens with one attached hydrogen (secondary N) is 3. The third kappa shape index (κ3) is 13.1. The standard InChI is InChI=1S/C34H50F2N4O4S/c1-7-10-40(11-8-2)34(44)26-14-23(5)13-25(18-26)32(42)39-30(17-24-15-27(35)19-28(36)16-24)31(41)21-37-29(9-12-45-6)33(43)38-20-22(3)4/h13-16,18-19,22,29-31,37,41H,7-12,17,20-21H2,1-6H3,(H,38,43)(H,39,42). The van der Waals surface area contributed by atoms with Gasteiger partial charge in [0.15, 0.2) is 0 Å². The normalized spacial score (nSPS) is 13.3. The molecule has 8 nitrogen and oxygen atoms in total. The van der Waals surface area contributed by atoms with E-state index in [4.69, 9.17) is 0 Å². The van der Waals surface area contributed by atoms with Crippen molar-refractivity contribution < 1.29 is 28.3 Å². The lowest BCUT2D eigenvalue weighted by atomic mass is 9.99. The molecule has 0 bridgehead atoms. The smallest absolute Gasteiger partial charge is 0.253 e. The van der Waals surface area contributed by atoms with E-state index in [1.165, 1.54) is 6.07 Å². The molecule has 3 unspecified atom stereocenters. The molecular weight excluding hydrogens is 598 g/mol. The Kier molecular flexibility index (Phi) is 16.5. The summed E-state index contributed by atoms with van der Waals surface area (Å²) in [6.07, 6.45) is 2.78. The highest BCUT2D eigenvalue weighted by Crippen LogP contribution is 2.16. The van der Waals surface area contributed by atoms with Crippen molar-refractivity contribution in [2.75, 3.05) is 38.2 Å². The van der Waals surface area contributed by atoms with E-state index >= 15 is 0 Å².